The van der Waals surface area contributed by atoms with Crippen LogP contribution in [0.5, 0.6) is 0 Å². The maximum absolute atomic E-state index is 14.0. The molecule has 3 amide bonds. The third-order valence-electron chi connectivity index (χ3n) is 8.58. The molecular weight excluding hydrogens is 542 g/mol. The highest BCUT2D eigenvalue weighted by Gasteiger charge is 2.36. The molecular formula is C30H50ClN7O3. The van der Waals surface area contributed by atoms with E-state index >= 15 is 0 Å². The molecule has 2 aliphatic carbocycles. The molecule has 0 bridgehead atoms. The van der Waals surface area contributed by atoms with E-state index in [9.17, 15) is 14.4 Å². The summed E-state index contributed by atoms with van der Waals surface area (Å²) < 4.78 is 0. The van der Waals surface area contributed by atoms with Crippen molar-refractivity contribution in [2.45, 2.75) is 102 Å². The van der Waals surface area contributed by atoms with Gasteiger partial charge in [0.2, 0.25) is 17.7 Å². The molecule has 1 aromatic carbocycles. The Balaban J connectivity index is 0.00000588. The van der Waals surface area contributed by atoms with E-state index in [1.165, 1.54) is 6.42 Å². The molecule has 230 valence electrons. The molecule has 2 saturated carbocycles. The number of guanidine groups is 1. The van der Waals surface area contributed by atoms with Gasteiger partial charge in [-0.05, 0) is 67.9 Å². The van der Waals surface area contributed by atoms with Gasteiger partial charge in [0.25, 0.3) is 0 Å². The number of halogens is 1. The molecule has 3 atom stereocenters. The second-order valence-electron chi connectivity index (χ2n) is 11.5. The Labute approximate surface area is 250 Å². The van der Waals surface area contributed by atoms with Crippen molar-refractivity contribution in [2.75, 3.05) is 6.54 Å². The molecule has 0 aliphatic heterocycles. The molecule has 11 heteroatoms. The molecule has 0 spiro atoms. The Bertz CT molecular complexity index is 988. The van der Waals surface area contributed by atoms with Crippen LogP contribution in [0.1, 0.15) is 88.2 Å². The van der Waals surface area contributed by atoms with Gasteiger partial charge in [0, 0.05) is 19.0 Å². The molecule has 1 aromatic rings. The third-order valence-corrected chi connectivity index (χ3v) is 8.58. The zero-order valence-corrected chi connectivity index (χ0v) is 25.0. The van der Waals surface area contributed by atoms with Crippen molar-refractivity contribution in [2.24, 2.45) is 45.7 Å². The number of hydrogen-bond donors (Lipinski definition) is 6. The number of primary amides is 1. The predicted octanol–water partition coefficient (Wildman–Crippen LogP) is 2.39. The van der Waals surface area contributed by atoms with Gasteiger partial charge in [-0.3, -0.25) is 19.4 Å². The molecule has 3 rings (SSSR count). The lowest BCUT2D eigenvalue weighted by atomic mass is 9.76. The fourth-order valence-corrected chi connectivity index (χ4v) is 6.25. The van der Waals surface area contributed by atoms with Crippen molar-refractivity contribution >= 4 is 36.1 Å². The summed E-state index contributed by atoms with van der Waals surface area (Å²) in [5.41, 5.74) is 24.3. The van der Waals surface area contributed by atoms with E-state index in [4.69, 9.17) is 22.9 Å². The number of aliphatic imine (C=N–C) groups is 1. The van der Waals surface area contributed by atoms with E-state index in [2.05, 4.69) is 27.8 Å². The predicted molar refractivity (Wildman–Crippen MR) is 165 cm³/mol. The molecule has 41 heavy (non-hydrogen) atoms. The lowest BCUT2D eigenvalue weighted by Crippen LogP contribution is -2.57. The van der Waals surface area contributed by atoms with Crippen LogP contribution in [0.2, 0.25) is 0 Å². The molecule has 0 aromatic heterocycles. The number of carbonyl (C=O) groups is 3. The number of nitrogens with two attached hydrogens (primary N) is 4. The fourth-order valence-electron chi connectivity index (χ4n) is 6.25. The molecule has 10 N–H and O–H groups in total. The first-order chi connectivity index (χ1) is 19.3. The Hall–Kier alpha value is -2.85. The molecule has 2 aliphatic rings. The standard InChI is InChI=1S/C30H49N7O3.ClH/c31-19-21-15-13-20(14-16-21)18-24(22-8-3-1-4-9-22)28(39)37-26(23-10-5-2-6-11-23)29(40)36-25(27(32)38)12-7-17-35-30(33)34;/h13-16,22-26H,1-12,17-19,31H2,(H2,32,38)(H,36,40)(H,37,39)(H4,33,34,35);1H/t24-,25?,26-;/m0./s1. The number of rotatable bonds is 14. The highest BCUT2D eigenvalue weighted by molar-refractivity contribution is 5.92. The Kier molecular flexibility index (Phi) is 15.0. The second-order valence-corrected chi connectivity index (χ2v) is 11.5. The molecule has 0 saturated heterocycles. The van der Waals surface area contributed by atoms with Crippen LogP contribution in [0.4, 0.5) is 0 Å². The molecule has 10 nitrogen and oxygen atoms in total. The summed E-state index contributed by atoms with van der Waals surface area (Å²) in [5, 5.41) is 6.01. The van der Waals surface area contributed by atoms with Crippen molar-refractivity contribution in [3.63, 3.8) is 0 Å². The topological polar surface area (TPSA) is 192 Å². The van der Waals surface area contributed by atoms with Crippen molar-refractivity contribution in [1.82, 2.24) is 10.6 Å². The van der Waals surface area contributed by atoms with Gasteiger partial charge in [0.05, 0.1) is 0 Å². The van der Waals surface area contributed by atoms with Crippen LogP contribution in [0, 0.1) is 17.8 Å². The number of carbonyl (C=O) groups excluding carboxylic acids is 3. The minimum atomic E-state index is -0.861. The van der Waals surface area contributed by atoms with Gasteiger partial charge in [-0.1, -0.05) is 62.8 Å². The Morgan fingerprint density at radius 3 is 1.90 bits per heavy atom. The van der Waals surface area contributed by atoms with Crippen molar-refractivity contribution < 1.29 is 14.4 Å². The summed E-state index contributed by atoms with van der Waals surface area (Å²) >= 11 is 0. The second kappa shape index (κ2) is 17.9. The SMILES string of the molecule is Cl.NCc1ccc(C[C@H](C(=O)N[C@H](C(=O)NC(CCCN=C(N)N)C(N)=O)C2CCCCC2)C2CCCCC2)cc1. The first-order valence-corrected chi connectivity index (χ1v) is 15.0. The average molecular weight is 592 g/mol. The van der Waals surface area contributed by atoms with Crippen LogP contribution < -0.4 is 33.6 Å². The van der Waals surface area contributed by atoms with Crippen LogP contribution >= 0.6 is 12.4 Å². The van der Waals surface area contributed by atoms with E-state index in [-0.39, 0.29) is 47.9 Å². The minimum absolute atomic E-state index is 0. The van der Waals surface area contributed by atoms with Crippen LogP contribution in [0.25, 0.3) is 0 Å². The van der Waals surface area contributed by atoms with E-state index < -0.39 is 18.0 Å². The van der Waals surface area contributed by atoms with E-state index in [1.807, 2.05) is 12.1 Å². The zero-order chi connectivity index (χ0) is 28.9. The highest BCUT2D eigenvalue weighted by Crippen LogP contribution is 2.33. The largest absolute Gasteiger partial charge is 0.370 e. The summed E-state index contributed by atoms with van der Waals surface area (Å²) in [4.78, 5) is 43.7. The van der Waals surface area contributed by atoms with Gasteiger partial charge in [-0.25, -0.2) is 0 Å². The Morgan fingerprint density at radius 2 is 1.37 bits per heavy atom. The van der Waals surface area contributed by atoms with Crippen molar-refractivity contribution in [1.29, 1.82) is 0 Å². The smallest absolute Gasteiger partial charge is 0.243 e. The van der Waals surface area contributed by atoms with Crippen molar-refractivity contribution in [3.05, 3.63) is 35.4 Å². The summed E-state index contributed by atoms with van der Waals surface area (Å²) in [6.45, 7) is 0.811. The fraction of sp³-hybridized carbons (Fsp3) is 0.667. The lowest BCUT2D eigenvalue weighted by molar-refractivity contribution is -0.135. The van der Waals surface area contributed by atoms with Crippen LogP contribution in [-0.4, -0.2) is 42.3 Å². The van der Waals surface area contributed by atoms with Gasteiger partial charge < -0.3 is 33.6 Å². The average Bonchev–Trinajstić information content (AvgIpc) is 2.97. The van der Waals surface area contributed by atoms with Crippen LogP contribution in [0.15, 0.2) is 29.3 Å². The highest BCUT2D eigenvalue weighted by atomic mass is 35.5. The quantitative estimate of drug-likeness (QED) is 0.109. The first kappa shape index (κ1) is 34.4. The van der Waals surface area contributed by atoms with Gasteiger partial charge in [-0.2, -0.15) is 0 Å². The number of benzene rings is 1. The maximum atomic E-state index is 14.0. The number of nitrogens with one attached hydrogen (secondary N) is 2. The van der Waals surface area contributed by atoms with Crippen molar-refractivity contribution in [3.8, 4) is 0 Å². The summed E-state index contributed by atoms with van der Waals surface area (Å²) in [7, 11) is 0. The monoisotopic (exact) mass is 591 g/mol. The Morgan fingerprint density at radius 1 is 0.805 bits per heavy atom. The third kappa shape index (κ3) is 11.2. The van der Waals surface area contributed by atoms with Crippen LogP contribution in [0.3, 0.4) is 0 Å². The van der Waals surface area contributed by atoms with Gasteiger partial charge >= 0.3 is 0 Å². The first-order valence-electron chi connectivity index (χ1n) is 15.0. The molecule has 0 radical (unpaired) electrons. The zero-order valence-electron chi connectivity index (χ0n) is 24.2. The summed E-state index contributed by atoms with van der Waals surface area (Å²) in [5.74, 6) is -1.01. The van der Waals surface area contributed by atoms with Gasteiger partial charge in [0.15, 0.2) is 5.96 Å². The number of hydrogen-bond acceptors (Lipinski definition) is 5. The van der Waals surface area contributed by atoms with Crippen LogP contribution in [-0.2, 0) is 27.3 Å². The van der Waals surface area contributed by atoms with Gasteiger partial charge in [-0.15, -0.1) is 12.4 Å². The van der Waals surface area contributed by atoms with E-state index in [1.54, 1.807) is 0 Å². The normalized spacial score (nSPS) is 18.3. The summed E-state index contributed by atoms with van der Waals surface area (Å²) in [6, 6.07) is 6.56. The summed E-state index contributed by atoms with van der Waals surface area (Å²) in [6.07, 6.45) is 11.7. The maximum Gasteiger partial charge on any atom is 0.243 e. The van der Waals surface area contributed by atoms with E-state index in [0.29, 0.717) is 32.4 Å². The number of amides is 3. The van der Waals surface area contributed by atoms with Gasteiger partial charge in [0.1, 0.15) is 12.1 Å². The molecule has 1 unspecified atom stereocenters. The minimum Gasteiger partial charge on any atom is -0.370 e. The molecule has 2 fully saturated rings. The number of nitrogens with zero attached hydrogens (tertiary/aromatic N) is 1. The van der Waals surface area contributed by atoms with E-state index in [0.717, 1.165) is 68.9 Å². The molecule has 0 heterocycles. The lowest BCUT2D eigenvalue weighted by Gasteiger charge is -2.34.